The number of rotatable bonds is 3. The fourth-order valence-electron chi connectivity index (χ4n) is 2.51. The van der Waals surface area contributed by atoms with Gasteiger partial charge in [0.15, 0.2) is 0 Å². The largest absolute Gasteiger partial charge is 0.464 e. The summed E-state index contributed by atoms with van der Waals surface area (Å²) in [5.41, 5.74) is 3.96. The maximum atomic E-state index is 8.97. The SMILES string of the molecule is CCCCc1c/c(=N/O)oc2cc3occ(C)c3cc12. The van der Waals surface area contributed by atoms with Gasteiger partial charge in [-0.15, -0.1) is 0 Å². The van der Waals surface area contributed by atoms with Crippen LogP contribution < -0.4 is 5.55 Å². The Hall–Kier alpha value is -2.23. The second-order valence-electron chi connectivity index (χ2n) is 5.08. The molecule has 0 spiro atoms. The van der Waals surface area contributed by atoms with Crippen LogP contribution in [0, 0.1) is 6.92 Å². The molecule has 104 valence electrons. The minimum Gasteiger partial charge on any atom is -0.464 e. The molecule has 4 heteroatoms. The van der Waals surface area contributed by atoms with Crippen LogP contribution in [-0.2, 0) is 6.42 Å². The lowest BCUT2D eigenvalue weighted by Gasteiger charge is -2.05. The Morgan fingerprint density at radius 2 is 2.00 bits per heavy atom. The molecule has 0 aliphatic carbocycles. The molecule has 0 saturated heterocycles. The maximum absolute atomic E-state index is 8.97. The van der Waals surface area contributed by atoms with E-state index in [1.54, 1.807) is 12.3 Å². The Morgan fingerprint density at radius 3 is 2.75 bits per heavy atom. The molecule has 0 aliphatic rings. The first kappa shape index (κ1) is 12.8. The summed E-state index contributed by atoms with van der Waals surface area (Å²) in [6.07, 6.45) is 4.89. The van der Waals surface area contributed by atoms with Crippen molar-refractivity contribution in [3.05, 3.63) is 41.1 Å². The Balaban J connectivity index is 2.33. The van der Waals surface area contributed by atoms with Crippen LogP contribution in [0.5, 0.6) is 0 Å². The second kappa shape index (κ2) is 5.04. The van der Waals surface area contributed by atoms with Crippen molar-refractivity contribution in [2.75, 3.05) is 0 Å². The molecule has 1 aromatic carbocycles. The minimum absolute atomic E-state index is 0.228. The van der Waals surface area contributed by atoms with Gasteiger partial charge in [0.05, 0.1) is 6.26 Å². The van der Waals surface area contributed by atoms with E-state index < -0.39 is 0 Å². The first-order valence-electron chi connectivity index (χ1n) is 6.85. The van der Waals surface area contributed by atoms with E-state index in [-0.39, 0.29) is 5.55 Å². The van der Waals surface area contributed by atoms with Gasteiger partial charge in [0.2, 0.25) is 0 Å². The second-order valence-corrected chi connectivity index (χ2v) is 5.08. The monoisotopic (exact) mass is 271 g/mol. The van der Waals surface area contributed by atoms with Gasteiger partial charge < -0.3 is 14.0 Å². The Labute approximate surface area is 116 Å². The highest BCUT2D eigenvalue weighted by Crippen LogP contribution is 2.28. The fourth-order valence-corrected chi connectivity index (χ4v) is 2.51. The van der Waals surface area contributed by atoms with E-state index in [0.29, 0.717) is 5.58 Å². The van der Waals surface area contributed by atoms with Gasteiger partial charge in [-0.25, -0.2) is 0 Å². The fraction of sp³-hybridized carbons (Fsp3) is 0.312. The lowest BCUT2D eigenvalue weighted by Crippen LogP contribution is -2.03. The van der Waals surface area contributed by atoms with Gasteiger partial charge in [-0.1, -0.05) is 13.3 Å². The van der Waals surface area contributed by atoms with Crippen LogP contribution >= 0.6 is 0 Å². The van der Waals surface area contributed by atoms with Crippen molar-refractivity contribution in [2.45, 2.75) is 33.1 Å². The number of hydrogen-bond donors (Lipinski definition) is 1. The lowest BCUT2D eigenvalue weighted by molar-refractivity contribution is 0.276. The molecule has 4 nitrogen and oxygen atoms in total. The number of nitrogens with zero attached hydrogens (tertiary/aromatic N) is 1. The predicted molar refractivity (Wildman–Crippen MR) is 76.7 cm³/mol. The zero-order valence-electron chi connectivity index (χ0n) is 11.6. The van der Waals surface area contributed by atoms with Crippen molar-refractivity contribution in [1.29, 1.82) is 0 Å². The number of unbranched alkanes of at least 4 members (excludes halogenated alkanes) is 1. The molecule has 0 radical (unpaired) electrons. The van der Waals surface area contributed by atoms with Crippen molar-refractivity contribution in [1.82, 2.24) is 0 Å². The smallest absolute Gasteiger partial charge is 0.255 e. The molecular weight excluding hydrogens is 254 g/mol. The number of hydrogen-bond acceptors (Lipinski definition) is 4. The molecule has 0 fully saturated rings. The molecule has 2 heterocycles. The third-order valence-corrected chi connectivity index (χ3v) is 3.63. The van der Waals surface area contributed by atoms with Gasteiger partial charge in [0.1, 0.15) is 11.2 Å². The van der Waals surface area contributed by atoms with E-state index in [4.69, 9.17) is 14.0 Å². The summed E-state index contributed by atoms with van der Waals surface area (Å²) < 4.78 is 11.1. The summed E-state index contributed by atoms with van der Waals surface area (Å²) in [6.45, 7) is 4.18. The van der Waals surface area contributed by atoms with Crippen molar-refractivity contribution in [3.8, 4) is 0 Å². The first-order valence-corrected chi connectivity index (χ1v) is 6.85. The van der Waals surface area contributed by atoms with Crippen LogP contribution in [0.2, 0.25) is 0 Å². The third-order valence-electron chi connectivity index (χ3n) is 3.63. The normalized spacial score (nSPS) is 12.6. The Bertz CT molecular complexity index is 827. The van der Waals surface area contributed by atoms with Gasteiger partial charge in [-0.3, -0.25) is 0 Å². The molecule has 0 atom stereocenters. The molecule has 0 aliphatic heterocycles. The number of benzene rings is 1. The molecule has 20 heavy (non-hydrogen) atoms. The third kappa shape index (κ3) is 2.07. The standard InChI is InChI=1S/C16H17NO3/c1-3-4-5-11-6-16(17-18)20-15-8-14-12(7-13(11)15)10(2)9-19-14/h6-9,18H,3-5H2,1-2H3/b17-16-. The molecule has 0 bridgehead atoms. The molecule has 0 amide bonds. The molecule has 0 saturated carbocycles. The summed E-state index contributed by atoms with van der Waals surface area (Å²) in [7, 11) is 0. The average Bonchev–Trinajstić information content (AvgIpc) is 2.83. The van der Waals surface area contributed by atoms with E-state index in [2.05, 4.69) is 18.1 Å². The minimum atomic E-state index is 0.228. The van der Waals surface area contributed by atoms with Crippen LogP contribution in [0.25, 0.3) is 21.9 Å². The highest BCUT2D eigenvalue weighted by molar-refractivity contribution is 5.96. The van der Waals surface area contributed by atoms with Crippen LogP contribution in [0.3, 0.4) is 0 Å². The zero-order valence-corrected chi connectivity index (χ0v) is 11.6. The highest BCUT2D eigenvalue weighted by Gasteiger charge is 2.10. The zero-order chi connectivity index (χ0) is 14.1. The van der Waals surface area contributed by atoms with Crippen molar-refractivity contribution >= 4 is 21.9 Å². The van der Waals surface area contributed by atoms with Gasteiger partial charge in [-0.05, 0) is 42.1 Å². The predicted octanol–water partition coefficient (Wildman–Crippen LogP) is 4.12. The van der Waals surface area contributed by atoms with E-state index in [1.165, 1.54) is 0 Å². The number of fused-ring (bicyclic) bond motifs is 2. The molecule has 3 aromatic rings. The van der Waals surface area contributed by atoms with E-state index in [0.717, 1.165) is 46.7 Å². The highest BCUT2D eigenvalue weighted by atomic mass is 16.5. The van der Waals surface area contributed by atoms with Gasteiger partial charge in [0, 0.05) is 22.9 Å². The molecule has 3 rings (SSSR count). The van der Waals surface area contributed by atoms with E-state index >= 15 is 0 Å². The Kier molecular flexibility index (Phi) is 3.22. The summed E-state index contributed by atoms with van der Waals surface area (Å²) in [5.74, 6) is 0. The summed E-state index contributed by atoms with van der Waals surface area (Å²) >= 11 is 0. The van der Waals surface area contributed by atoms with Crippen molar-refractivity contribution < 1.29 is 14.0 Å². The van der Waals surface area contributed by atoms with Crippen molar-refractivity contribution in [3.63, 3.8) is 0 Å². The summed E-state index contributed by atoms with van der Waals surface area (Å²) in [5, 5.41) is 14.3. The maximum Gasteiger partial charge on any atom is 0.255 e. The molecule has 0 unspecified atom stereocenters. The number of furan rings is 1. The number of aryl methyl sites for hydroxylation is 2. The van der Waals surface area contributed by atoms with Crippen LogP contribution in [-0.4, -0.2) is 5.21 Å². The van der Waals surface area contributed by atoms with Crippen LogP contribution in [0.15, 0.2) is 38.5 Å². The van der Waals surface area contributed by atoms with Crippen LogP contribution in [0.1, 0.15) is 30.9 Å². The summed E-state index contributed by atoms with van der Waals surface area (Å²) in [6, 6.07) is 5.76. The molecule has 2 aromatic heterocycles. The summed E-state index contributed by atoms with van der Waals surface area (Å²) in [4.78, 5) is 0. The molecule has 1 N–H and O–H groups in total. The topological polar surface area (TPSA) is 58.9 Å². The van der Waals surface area contributed by atoms with Gasteiger partial charge in [-0.2, -0.15) is 0 Å². The quantitative estimate of drug-likeness (QED) is 0.575. The van der Waals surface area contributed by atoms with E-state index in [1.807, 2.05) is 13.0 Å². The van der Waals surface area contributed by atoms with Crippen LogP contribution in [0.4, 0.5) is 0 Å². The van der Waals surface area contributed by atoms with Crippen molar-refractivity contribution in [2.24, 2.45) is 5.16 Å². The molecular formula is C16H17NO3. The van der Waals surface area contributed by atoms with E-state index in [9.17, 15) is 0 Å². The average molecular weight is 271 g/mol. The first-order chi connectivity index (χ1) is 9.72. The lowest BCUT2D eigenvalue weighted by atomic mass is 10.0. The van der Waals surface area contributed by atoms with Gasteiger partial charge in [0.25, 0.3) is 5.55 Å². The Morgan fingerprint density at radius 1 is 1.15 bits per heavy atom. The van der Waals surface area contributed by atoms with Gasteiger partial charge >= 0.3 is 0 Å².